The largest absolute Gasteiger partial charge is 0.354 e. The molecule has 132 valence electrons. The van der Waals surface area contributed by atoms with E-state index in [1.54, 1.807) is 0 Å². The summed E-state index contributed by atoms with van der Waals surface area (Å²) in [6.07, 6.45) is 0. The van der Waals surface area contributed by atoms with Gasteiger partial charge in [-0.3, -0.25) is 9.59 Å². The average Bonchev–Trinajstić information content (AvgIpc) is 3.16. The second-order valence-electron chi connectivity index (χ2n) is 6.90. The van der Waals surface area contributed by atoms with Crippen molar-refractivity contribution in [3.63, 3.8) is 0 Å². The summed E-state index contributed by atoms with van der Waals surface area (Å²) >= 11 is 0. The van der Waals surface area contributed by atoms with Crippen LogP contribution >= 0.6 is 0 Å². The molecule has 5 heteroatoms. The van der Waals surface area contributed by atoms with Gasteiger partial charge in [0.05, 0.1) is 0 Å². The third-order valence-electron chi connectivity index (χ3n) is 5.26. The molecule has 25 heavy (non-hydrogen) atoms. The molecule has 1 amide bonds. The Bertz CT molecular complexity index is 795. The fraction of sp³-hybridized carbons (Fsp3) is 0.400. The molecule has 0 spiro atoms. The third kappa shape index (κ3) is 3.12. The molecule has 2 aromatic rings. The van der Waals surface area contributed by atoms with Crippen LogP contribution in [0.1, 0.15) is 50.5 Å². The molecule has 0 aliphatic carbocycles. The molecule has 0 radical (unpaired) electrons. The maximum absolute atomic E-state index is 13.0. The minimum atomic E-state index is -0.0509. The van der Waals surface area contributed by atoms with Crippen molar-refractivity contribution in [3.05, 3.63) is 58.4 Å². The zero-order valence-corrected chi connectivity index (χ0v) is 15.0. The van der Waals surface area contributed by atoms with E-state index in [0.717, 1.165) is 11.3 Å². The smallest absolute Gasteiger partial charge is 0.270 e. The summed E-state index contributed by atoms with van der Waals surface area (Å²) in [4.78, 5) is 29.8. The molecule has 1 aromatic carbocycles. The Labute approximate surface area is 148 Å². The van der Waals surface area contributed by atoms with Gasteiger partial charge >= 0.3 is 0 Å². The van der Waals surface area contributed by atoms with Crippen LogP contribution < -0.4 is 5.73 Å². The first-order valence-corrected chi connectivity index (χ1v) is 8.68. The Morgan fingerprint density at radius 3 is 2.44 bits per heavy atom. The highest BCUT2D eigenvalue weighted by molar-refractivity contribution is 6.02. The van der Waals surface area contributed by atoms with Crippen molar-refractivity contribution in [2.24, 2.45) is 11.7 Å². The van der Waals surface area contributed by atoms with E-state index in [4.69, 9.17) is 5.73 Å². The fourth-order valence-electron chi connectivity index (χ4n) is 4.00. The van der Waals surface area contributed by atoms with Gasteiger partial charge in [-0.05, 0) is 44.4 Å². The Balaban J connectivity index is 1.87. The molecular formula is C20H25N3O2. The number of Topliss-reactive ketones (excluding diaryl/α,β-unsaturated/α-hetero) is 1. The predicted molar refractivity (Wildman–Crippen MR) is 97.9 cm³/mol. The number of ketones is 1. The molecule has 2 heterocycles. The van der Waals surface area contributed by atoms with Crippen molar-refractivity contribution >= 4 is 11.7 Å². The lowest BCUT2D eigenvalue weighted by Gasteiger charge is -2.17. The molecule has 3 rings (SSSR count). The number of H-pyrrole nitrogens is 1. The van der Waals surface area contributed by atoms with Crippen LogP contribution in [-0.2, 0) is 0 Å². The number of hydrogen-bond acceptors (Lipinski definition) is 3. The van der Waals surface area contributed by atoms with Crippen molar-refractivity contribution in [1.29, 1.82) is 0 Å². The summed E-state index contributed by atoms with van der Waals surface area (Å²) in [7, 11) is 0. The lowest BCUT2D eigenvalue weighted by Crippen LogP contribution is -2.30. The molecule has 1 aliphatic heterocycles. The number of amides is 1. The fourth-order valence-corrected chi connectivity index (χ4v) is 4.00. The van der Waals surface area contributed by atoms with Crippen molar-refractivity contribution in [1.82, 2.24) is 9.88 Å². The van der Waals surface area contributed by atoms with Gasteiger partial charge in [0.2, 0.25) is 0 Å². The number of aromatic nitrogens is 1. The third-order valence-corrected chi connectivity index (χ3v) is 5.26. The van der Waals surface area contributed by atoms with E-state index in [1.807, 2.05) is 36.9 Å². The molecule has 1 saturated heterocycles. The number of nitrogens with one attached hydrogen (secondary N) is 1. The topological polar surface area (TPSA) is 79.2 Å². The van der Waals surface area contributed by atoms with Gasteiger partial charge < -0.3 is 15.6 Å². The van der Waals surface area contributed by atoms with Crippen LogP contribution in [0.2, 0.25) is 0 Å². The highest BCUT2D eigenvalue weighted by atomic mass is 16.2. The maximum Gasteiger partial charge on any atom is 0.270 e. The van der Waals surface area contributed by atoms with Gasteiger partial charge in [0.1, 0.15) is 5.69 Å². The van der Waals surface area contributed by atoms with Gasteiger partial charge in [0.25, 0.3) is 5.91 Å². The number of hydrogen-bond donors (Lipinski definition) is 2. The van der Waals surface area contributed by atoms with E-state index in [0.29, 0.717) is 30.9 Å². The van der Waals surface area contributed by atoms with Crippen molar-refractivity contribution < 1.29 is 9.59 Å². The summed E-state index contributed by atoms with van der Waals surface area (Å²) in [5, 5.41) is 0. The molecule has 0 saturated carbocycles. The van der Waals surface area contributed by atoms with Crippen LogP contribution in [0.4, 0.5) is 0 Å². The highest BCUT2D eigenvalue weighted by Crippen LogP contribution is 2.33. The summed E-state index contributed by atoms with van der Waals surface area (Å²) in [5.74, 6) is 0.424. The molecule has 1 aliphatic rings. The van der Waals surface area contributed by atoms with Crippen LogP contribution in [0, 0.1) is 19.8 Å². The molecule has 5 nitrogen and oxygen atoms in total. The molecule has 0 unspecified atom stereocenters. The normalized spacial score (nSPS) is 20.1. The quantitative estimate of drug-likeness (QED) is 0.841. The Morgan fingerprint density at radius 1 is 1.20 bits per heavy atom. The molecule has 0 bridgehead atoms. The van der Waals surface area contributed by atoms with Crippen LogP contribution in [0.5, 0.6) is 0 Å². The summed E-state index contributed by atoms with van der Waals surface area (Å²) < 4.78 is 0. The number of benzene rings is 1. The van der Waals surface area contributed by atoms with E-state index in [-0.39, 0.29) is 23.5 Å². The number of nitrogens with two attached hydrogens (primary N) is 1. The second-order valence-corrected chi connectivity index (χ2v) is 6.90. The maximum atomic E-state index is 13.0. The number of nitrogens with zero attached hydrogens (tertiary/aromatic N) is 1. The van der Waals surface area contributed by atoms with E-state index in [1.165, 1.54) is 12.5 Å². The van der Waals surface area contributed by atoms with Gasteiger partial charge in [0, 0.05) is 30.3 Å². The van der Waals surface area contributed by atoms with Crippen LogP contribution in [0.3, 0.4) is 0 Å². The molecule has 3 N–H and O–H groups in total. The van der Waals surface area contributed by atoms with E-state index >= 15 is 0 Å². The highest BCUT2D eigenvalue weighted by Gasteiger charge is 2.36. The number of carbonyl (C=O) groups is 2. The number of rotatable bonds is 4. The number of aromatic amines is 1. The predicted octanol–water partition coefficient (Wildman–Crippen LogP) is 2.65. The van der Waals surface area contributed by atoms with Gasteiger partial charge in [-0.25, -0.2) is 0 Å². The van der Waals surface area contributed by atoms with Gasteiger partial charge in [-0.15, -0.1) is 0 Å². The first-order chi connectivity index (χ1) is 11.9. The standard InChI is InChI=1S/C20H25N3O2/c1-12-18(14(3)24)13(2)22-19(12)20(25)23-10-16(9-21)17(11-23)15-7-5-4-6-8-15/h4-8,16-17,22H,9-11,21H2,1-3H3/t16-,17+/m1/s1. The minimum absolute atomic E-state index is 0.0197. The van der Waals surface area contributed by atoms with E-state index in [2.05, 4.69) is 17.1 Å². The number of carbonyl (C=O) groups excluding carboxylic acids is 2. The summed E-state index contributed by atoms with van der Waals surface area (Å²) in [5.41, 5.74) is 9.82. The summed E-state index contributed by atoms with van der Waals surface area (Å²) in [6, 6.07) is 10.2. The minimum Gasteiger partial charge on any atom is -0.354 e. The lowest BCUT2D eigenvalue weighted by atomic mass is 9.89. The first-order valence-electron chi connectivity index (χ1n) is 8.68. The average molecular weight is 339 g/mol. The van der Waals surface area contributed by atoms with Crippen LogP contribution in [0.25, 0.3) is 0 Å². The summed E-state index contributed by atoms with van der Waals surface area (Å²) in [6.45, 7) is 7.03. The molecular weight excluding hydrogens is 314 g/mol. The lowest BCUT2D eigenvalue weighted by molar-refractivity contribution is 0.0780. The number of likely N-dealkylation sites (tertiary alicyclic amines) is 1. The van der Waals surface area contributed by atoms with Crippen LogP contribution in [-0.4, -0.2) is 41.2 Å². The van der Waals surface area contributed by atoms with E-state index < -0.39 is 0 Å². The van der Waals surface area contributed by atoms with Crippen molar-refractivity contribution in [2.75, 3.05) is 19.6 Å². The Hall–Kier alpha value is -2.40. The Kier molecular flexibility index (Phi) is 4.77. The SMILES string of the molecule is CC(=O)c1c(C)[nH]c(C(=O)N2C[C@@H](CN)[C@H](c3ccccc3)C2)c1C. The Morgan fingerprint density at radius 2 is 1.88 bits per heavy atom. The molecule has 1 fully saturated rings. The van der Waals surface area contributed by atoms with Gasteiger partial charge in [0.15, 0.2) is 5.78 Å². The van der Waals surface area contributed by atoms with Crippen molar-refractivity contribution in [3.8, 4) is 0 Å². The number of aryl methyl sites for hydroxylation is 1. The monoisotopic (exact) mass is 339 g/mol. The van der Waals surface area contributed by atoms with Crippen LogP contribution in [0.15, 0.2) is 30.3 Å². The van der Waals surface area contributed by atoms with Gasteiger partial charge in [-0.2, -0.15) is 0 Å². The van der Waals surface area contributed by atoms with Crippen molar-refractivity contribution in [2.45, 2.75) is 26.7 Å². The zero-order valence-electron chi connectivity index (χ0n) is 15.0. The van der Waals surface area contributed by atoms with E-state index in [9.17, 15) is 9.59 Å². The zero-order chi connectivity index (χ0) is 18.1. The molecule has 1 aromatic heterocycles. The first kappa shape index (κ1) is 17.4. The molecule has 2 atom stereocenters. The van der Waals surface area contributed by atoms with Gasteiger partial charge in [-0.1, -0.05) is 30.3 Å². The second kappa shape index (κ2) is 6.84.